The number of hydrogen-bond acceptors (Lipinski definition) is 6. The molecular weight excluding hydrogens is 344 g/mol. The van der Waals surface area contributed by atoms with E-state index in [1.54, 1.807) is 13.0 Å². The van der Waals surface area contributed by atoms with Crippen molar-refractivity contribution in [3.05, 3.63) is 83.7 Å². The largest absolute Gasteiger partial charge is 0.425 e. The van der Waals surface area contributed by atoms with Gasteiger partial charge >= 0.3 is 0 Å². The van der Waals surface area contributed by atoms with E-state index in [1.807, 2.05) is 54.6 Å². The van der Waals surface area contributed by atoms with Crippen LogP contribution in [0.25, 0.3) is 11.3 Å². The molecule has 0 atom stereocenters. The lowest BCUT2D eigenvalue weighted by atomic mass is 10.1. The molecular formula is C20H16N4O3. The number of rotatable bonds is 5. The van der Waals surface area contributed by atoms with Crippen molar-refractivity contribution >= 4 is 11.6 Å². The number of nitrogens with zero attached hydrogens (tertiary/aromatic N) is 3. The van der Waals surface area contributed by atoms with Crippen LogP contribution in [0.4, 0.5) is 5.69 Å². The van der Waals surface area contributed by atoms with Gasteiger partial charge in [0.05, 0.1) is 6.42 Å². The van der Waals surface area contributed by atoms with E-state index in [9.17, 15) is 4.79 Å². The molecule has 7 nitrogen and oxygen atoms in total. The summed E-state index contributed by atoms with van der Waals surface area (Å²) in [7, 11) is 0. The molecule has 0 spiro atoms. The highest BCUT2D eigenvalue weighted by molar-refractivity contribution is 6.03. The maximum absolute atomic E-state index is 12.4. The van der Waals surface area contributed by atoms with Crippen LogP contribution in [0.5, 0.6) is 0 Å². The van der Waals surface area contributed by atoms with Gasteiger partial charge in [-0.1, -0.05) is 47.6 Å². The van der Waals surface area contributed by atoms with Crippen molar-refractivity contribution in [2.75, 3.05) is 5.32 Å². The highest BCUT2D eigenvalue weighted by Crippen LogP contribution is 2.20. The van der Waals surface area contributed by atoms with Crippen molar-refractivity contribution in [1.29, 1.82) is 0 Å². The topological polar surface area (TPSA) is 94.1 Å². The molecule has 0 aliphatic carbocycles. The molecule has 2 aromatic heterocycles. The lowest BCUT2D eigenvalue weighted by Crippen LogP contribution is -2.12. The van der Waals surface area contributed by atoms with E-state index in [4.69, 9.17) is 8.94 Å². The number of aryl methyl sites for hydroxylation is 1. The Labute approximate surface area is 155 Å². The predicted molar refractivity (Wildman–Crippen MR) is 98.2 cm³/mol. The summed E-state index contributed by atoms with van der Waals surface area (Å²) in [6.07, 6.45) is 0.540. The van der Waals surface area contributed by atoms with Crippen molar-refractivity contribution in [3.63, 3.8) is 0 Å². The second-order valence-electron chi connectivity index (χ2n) is 5.99. The lowest BCUT2D eigenvalue weighted by molar-refractivity contribution is 0.101. The predicted octanol–water partition coefficient (Wildman–Crippen LogP) is 3.88. The maximum atomic E-state index is 12.4. The normalized spacial score (nSPS) is 10.7. The van der Waals surface area contributed by atoms with Gasteiger partial charge in [-0.05, 0) is 17.7 Å². The molecule has 4 rings (SSSR count). The first-order valence-electron chi connectivity index (χ1n) is 8.39. The summed E-state index contributed by atoms with van der Waals surface area (Å²) in [5.41, 5.74) is 2.75. The molecule has 2 aromatic carbocycles. The first kappa shape index (κ1) is 16.7. The minimum Gasteiger partial charge on any atom is -0.425 e. The Balaban J connectivity index is 1.41. The highest BCUT2D eigenvalue weighted by atomic mass is 16.5. The molecule has 0 unspecified atom stereocenters. The Bertz CT molecular complexity index is 1050. The first-order chi connectivity index (χ1) is 13.2. The molecule has 0 saturated carbocycles. The average Bonchev–Trinajstić information content (AvgIpc) is 3.33. The molecule has 4 aromatic rings. The smallest absolute Gasteiger partial charge is 0.277 e. The van der Waals surface area contributed by atoms with E-state index in [1.165, 1.54) is 0 Å². The van der Waals surface area contributed by atoms with E-state index in [0.717, 1.165) is 11.1 Å². The van der Waals surface area contributed by atoms with Crippen molar-refractivity contribution in [1.82, 2.24) is 15.4 Å². The molecule has 0 aliphatic heterocycles. The lowest BCUT2D eigenvalue weighted by Gasteiger charge is -2.04. The van der Waals surface area contributed by atoms with Crippen LogP contribution < -0.4 is 5.32 Å². The number of hydrogen-bond donors (Lipinski definition) is 1. The van der Waals surface area contributed by atoms with Crippen LogP contribution in [-0.4, -0.2) is 21.3 Å². The van der Waals surface area contributed by atoms with Crippen LogP contribution in [0.2, 0.25) is 0 Å². The zero-order valence-corrected chi connectivity index (χ0v) is 14.5. The molecule has 0 radical (unpaired) electrons. The van der Waals surface area contributed by atoms with E-state index in [2.05, 4.69) is 20.7 Å². The van der Waals surface area contributed by atoms with Gasteiger partial charge in [0.1, 0.15) is 0 Å². The number of amides is 1. The molecule has 0 bridgehead atoms. The van der Waals surface area contributed by atoms with Gasteiger partial charge in [0.15, 0.2) is 11.5 Å². The van der Waals surface area contributed by atoms with Gasteiger partial charge in [0.2, 0.25) is 11.8 Å². The second kappa shape index (κ2) is 7.25. The standard InChI is InChI=1S/C20H16N4O3/c1-13-22-23-19(26-13)11-14-7-9-16(10-8-14)21-20(25)17-12-18(27-24-17)15-5-3-2-4-6-15/h2-10,12H,11H2,1H3,(H,21,25). The Kier molecular flexibility index (Phi) is 4.49. The number of nitrogens with one attached hydrogen (secondary N) is 1. The fraction of sp³-hybridized carbons (Fsp3) is 0.100. The van der Waals surface area contributed by atoms with Crippen molar-refractivity contribution in [2.45, 2.75) is 13.3 Å². The van der Waals surface area contributed by atoms with Crippen LogP contribution in [0.1, 0.15) is 27.8 Å². The summed E-state index contributed by atoms with van der Waals surface area (Å²) in [5.74, 6) is 1.31. The zero-order valence-electron chi connectivity index (χ0n) is 14.5. The molecule has 0 aliphatic rings. The SMILES string of the molecule is Cc1nnc(Cc2ccc(NC(=O)c3cc(-c4ccccc4)on3)cc2)o1. The van der Waals surface area contributed by atoms with Crippen LogP contribution in [0, 0.1) is 6.92 Å². The number of anilines is 1. The van der Waals surface area contributed by atoms with Crippen molar-refractivity contribution in [3.8, 4) is 11.3 Å². The van der Waals surface area contributed by atoms with Gasteiger partial charge in [-0.3, -0.25) is 4.79 Å². The van der Waals surface area contributed by atoms with E-state index < -0.39 is 0 Å². The summed E-state index contributed by atoms with van der Waals surface area (Å²) >= 11 is 0. The summed E-state index contributed by atoms with van der Waals surface area (Å²) in [4.78, 5) is 12.4. The third kappa shape index (κ3) is 3.92. The molecule has 1 amide bonds. The van der Waals surface area contributed by atoms with Gasteiger partial charge in [-0.25, -0.2) is 0 Å². The van der Waals surface area contributed by atoms with E-state index in [-0.39, 0.29) is 11.6 Å². The summed E-state index contributed by atoms with van der Waals surface area (Å²) in [5, 5.41) is 14.4. The third-order valence-corrected chi connectivity index (χ3v) is 3.94. The molecule has 1 N–H and O–H groups in total. The Morgan fingerprint density at radius 2 is 1.81 bits per heavy atom. The van der Waals surface area contributed by atoms with Crippen LogP contribution >= 0.6 is 0 Å². The van der Waals surface area contributed by atoms with Crippen molar-refractivity contribution in [2.24, 2.45) is 0 Å². The monoisotopic (exact) mass is 360 g/mol. The van der Waals surface area contributed by atoms with Gasteiger partial charge in [0, 0.05) is 24.2 Å². The number of carbonyl (C=O) groups is 1. The third-order valence-electron chi connectivity index (χ3n) is 3.94. The highest BCUT2D eigenvalue weighted by Gasteiger charge is 2.14. The van der Waals surface area contributed by atoms with Crippen LogP contribution in [-0.2, 0) is 6.42 Å². The molecule has 7 heteroatoms. The molecule has 27 heavy (non-hydrogen) atoms. The fourth-order valence-electron chi connectivity index (χ4n) is 2.61. The maximum Gasteiger partial charge on any atom is 0.277 e. The van der Waals surface area contributed by atoms with Gasteiger partial charge < -0.3 is 14.3 Å². The first-order valence-corrected chi connectivity index (χ1v) is 8.39. The number of aromatic nitrogens is 3. The summed E-state index contributed by atoms with van der Waals surface area (Å²) in [6, 6.07) is 18.5. The zero-order chi connectivity index (χ0) is 18.6. The quantitative estimate of drug-likeness (QED) is 0.580. The minimum absolute atomic E-state index is 0.222. The van der Waals surface area contributed by atoms with Gasteiger partial charge in [0.25, 0.3) is 5.91 Å². The van der Waals surface area contributed by atoms with E-state index >= 15 is 0 Å². The van der Waals surface area contributed by atoms with Gasteiger partial charge in [-0.2, -0.15) is 0 Å². The summed E-state index contributed by atoms with van der Waals surface area (Å²) in [6.45, 7) is 1.75. The van der Waals surface area contributed by atoms with E-state index in [0.29, 0.717) is 29.6 Å². The van der Waals surface area contributed by atoms with Crippen molar-refractivity contribution < 1.29 is 13.7 Å². The fourth-order valence-corrected chi connectivity index (χ4v) is 2.61. The summed E-state index contributed by atoms with van der Waals surface area (Å²) < 4.78 is 10.6. The number of benzene rings is 2. The second-order valence-corrected chi connectivity index (χ2v) is 5.99. The van der Waals surface area contributed by atoms with Gasteiger partial charge in [-0.15, -0.1) is 10.2 Å². The Morgan fingerprint density at radius 1 is 1.04 bits per heavy atom. The molecule has 2 heterocycles. The minimum atomic E-state index is -0.332. The molecule has 134 valence electrons. The average molecular weight is 360 g/mol. The number of carbonyl (C=O) groups excluding carboxylic acids is 1. The molecule has 0 saturated heterocycles. The Hall–Kier alpha value is -3.74. The van der Waals surface area contributed by atoms with Crippen LogP contribution in [0.15, 0.2) is 69.6 Å². The Morgan fingerprint density at radius 3 is 2.52 bits per heavy atom. The van der Waals surface area contributed by atoms with Crippen LogP contribution in [0.3, 0.4) is 0 Å². The molecule has 0 fully saturated rings.